The molecule has 0 saturated heterocycles. The number of halogens is 1. The summed E-state index contributed by atoms with van der Waals surface area (Å²) in [6, 6.07) is 14.0. The van der Waals surface area contributed by atoms with Crippen molar-refractivity contribution in [2.24, 2.45) is 28.6 Å². The summed E-state index contributed by atoms with van der Waals surface area (Å²) in [7, 11) is 0. The Labute approximate surface area is 266 Å². The molecule has 4 aliphatic rings. The lowest BCUT2D eigenvalue weighted by Crippen LogP contribution is -2.63. The fraction of sp³-hybridized carbons (Fsp3) is 0.472. The van der Waals surface area contributed by atoms with Crippen LogP contribution in [-0.2, 0) is 11.2 Å². The average molecular weight is 627 g/mol. The van der Waals surface area contributed by atoms with Crippen molar-refractivity contribution in [1.82, 2.24) is 20.1 Å². The molecule has 2 aromatic heterocycles. The lowest BCUT2D eigenvalue weighted by Gasteiger charge is -2.60. The van der Waals surface area contributed by atoms with Crippen LogP contribution in [0.1, 0.15) is 75.2 Å². The molecule has 4 aromatic rings. The van der Waals surface area contributed by atoms with E-state index in [0.29, 0.717) is 12.8 Å². The van der Waals surface area contributed by atoms with Crippen LogP contribution in [0.15, 0.2) is 60.3 Å². The van der Waals surface area contributed by atoms with Crippen LogP contribution in [0.25, 0.3) is 22.0 Å². The number of nitrogens with one attached hydrogen (secondary N) is 1. The molecular weight excluding hydrogens is 587 g/mol. The number of hydrogen-bond donors (Lipinski definition) is 3. The molecule has 234 valence electrons. The number of carbonyl (C=O) groups excluding carboxylic acids is 1. The third kappa shape index (κ3) is 4.16. The summed E-state index contributed by atoms with van der Waals surface area (Å²) in [6.07, 6.45) is 7.58. The molecule has 3 saturated carbocycles. The molecule has 0 radical (unpaired) electrons. The molecule has 0 bridgehead atoms. The second kappa shape index (κ2) is 10.0. The number of rotatable bonds is 4. The first kappa shape index (κ1) is 29.0. The van der Waals surface area contributed by atoms with E-state index in [1.54, 1.807) is 23.5 Å². The van der Waals surface area contributed by atoms with Crippen molar-refractivity contribution < 1.29 is 19.4 Å². The fourth-order valence-electron chi connectivity index (χ4n) is 9.80. The zero-order valence-corrected chi connectivity index (χ0v) is 26.6. The first-order chi connectivity index (χ1) is 21.5. The van der Waals surface area contributed by atoms with Gasteiger partial charge in [0.1, 0.15) is 16.4 Å². The van der Waals surface area contributed by atoms with E-state index in [0.717, 1.165) is 57.9 Å². The highest BCUT2D eigenvalue weighted by Gasteiger charge is 2.68. The van der Waals surface area contributed by atoms with Gasteiger partial charge >= 0.3 is 0 Å². The molecule has 8 rings (SSSR count). The summed E-state index contributed by atoms with van der Waals surface area (Å²) in [6.45, 7) is 6.24. The summed E-state index contributed by atoms with van der Waals surface area (Å²) < 4.78 is 16.6. The number of allylic oxidation sites excluding steroid dienone is 1. The van der Waals surface area contributed by atoms with Gasteiger partial charge in [0.15, 0.2) is 0 Å². The normalized spacial score (nSPS) is 34.3. The lowest BCUT2D eigenvalue weighted by atomic mass is 9.45. The number of amides is 1. The molecule has 4 aliphatic carbocycles. The predicted octanol–water partition coefficient (Wildman–Crippen LogP) is 6.38. The Morgan fingerprint density at radius 2 is 1.93 bits per heavy atom. The number of carbonyl (C=O) groups is 1. The highest BCUT2D eigenvalue weighted by Crippen LogP contribution is 2.67. The van der Waals surface area contributed by atoms with E-state index in [1.165, 1.54) is 17.7 Å². The third-order valence-corrected chi connectivity index (χ3v) is 13.3. The van der Waals surface area contributed by atoms with Gasteiger partial charge in [0.2, 0.25) is 0 Å². The number of benzene rings is 2. The topological polar surface area (TPSA) is 100 Å². The van der Waals surface area contributed by atoms with Gasteiger partial charge in [0, 0.05) is 5.41 Å². The lowest BCUT2D eigenvalue weighted by molar-refractivity contribution is -0.181. The maximum absolute atomic E-state index is 14.0. The number of fused-ring (bicyclic) bond motifs is 7. The van der Waals surface area contributed by atoms with Crippen molar-refractivity contribution in [3.8, 4) is 5.69 Å². The van der Waals surface area contributed by atoms with E-state index in [4.69, 9.17) is 4.98 Å². The Kier molecular flexibility index (Phi) is 6.48. The van der Waals surface area contributed by atoms with Gasteiger partial charge in [-0.2, -0.15) is 5.10 Å². The van der Waals surface area contributed by atoms with Crippen LogP contribution >= 0.6 is 11.3 Å². The van der Waals surface area contributed by atoms with E-state index in [-0.39, 0.29) is 40.9 Å². The summed E-state index contributed by atoms with van der Waals surface area (Å²) in [5.74, 6) is -0.298. The van der Waals surface area contributed by atoms with Crippen LogP contribution in [0.4, 0.5) is 4.39 Å². The Morgan fingerprint density at radius 1 is 1.16 bits per heavy atom. The number of hydrogen-bond acceptors (Lipinski definition) is 6. The van der Waals surface area contributed by atoms with Gasteiger partial charge < -0.3 is 15.5 Å². The minimum absolute atomic E-state index is 0.0185. The summed E-state index contributed by atoms with van der Waals surface area (Å²) >= 11 is 1.56. The summed E-state index contributed by atoms with van der Waals surface area (Å²) in [5, 5.41) is 32.8. The molecule has 45 heavy (non-hydrogen) atoms. The van der Waals surface area contributed by atoms with Gasteiger partial charge in [0.05, 0.1) is 39.9 Å². The van der Waals surface area contributed by atoms with Crippen LogP contribution in [0.2, 0.25) is 0 Å². The Balaban J connectivity index is 1.06. The maximum atomic E-state index is 14.0. The molecule has 3 N–H and O–H groups in total. The predicted molar refractivity (Wildman–Crippen MR) is 172 cm³/mol. The molecule has 3 fully saturated rings. The van der Waals surface area contributed by atoms with Crippen molar-refractivity contribution in [1.29, 1.82) is 0 Å². The number of aliphatic hydroxyl groups is 2. The van der Waals surface area contributed by atoms with Crippen LogP contribution in [0, 0.1) is 34.4 Å². The monoisotopic (exact) mass is 626 g/mol. The van der Waals surface area contributed by atoms with Gasteiger partial charge in [-0.3, -0.25) is 4.79 Å². The number of aliphatic hydroxyl groups excluding tert-OH is 1. The third-order valence-electron chi connectivity index (χ3n) is 12.1. The van der Waals surface area contributed by atoms with Crippen molar-refractivity contribution in [3.63, 3.8) is 0 Å². The second-order valence-corrected chi connectivity index (χ2v) is 15.4. The van der Waals surface area contributed by atoms with Gasteiger partial charge in [-0.1, -0.05) is 31.6 Å². The minimum atomic E-state index is -1.57. The SMILES string of the molecule is CC(NC(=O)[C@@]1(O)CCC2C3CCC4=Cc5c(cnn5-c5ccc(F)cc5)CC4(C)C3[C@@H](O)CC21C)c1nc2ccccc2s1. The molecular formula is C36H39FN4O3S. The van der Waals surface area contributed by atoms with Crippen LogP contribution in [0.5, 0.6) is 0 Å². The first-order valence-electron chi connectivity index (χ1n) is 16.1. The molecule has 1 amide bonds. The van der Waals surface area contributed by atoms with Gasteiger partial charge in [-0.05, 0) is 117 Å². The van der Waals surface area contributed by atoms with Gasteiger partial charge in [-0.25, -0.2) is 14.1 Å². The Morgan fingerprint density at radius 3 is 2.71 bits per heavy atom. The molecule has 0 aliphatic heterocycles. The summed E-state index contributed by atoms with van der Waals surface area (Å²) in [4.78, 5) is 18.7. The number of aromatic nitrogens is 3. The highest BCUT2D eigenvalue weighted by atomic mass is 32.1. The Bertz CT molecular complexity index is 1820. The Hall–Kier alpha value is -3.40. The van der Waals surface area contributed by atoms with Crippen LogP contribution in [0.3, 0.4) is 0 Å². The van der Waals surface area contributed by atoms with Crippen molar-refractivity contribution in [2.45, 2.75) is 77.0 Å². The standard InChI is InChI=1S/C36H39FN4O3S/c1-20(32-40-27-6-4-5-7-30(27)45-32)39-33(43)36(44)15-14-26-25-13-8-22-16-28-21(19-38-41(28)24-11-9-23(37)10-12-24)17-34(22,2)31(25)29(42)18-35(26,36)3/h4-7,9-12,16,19-20,25-26,29,31,42,44H,8,13-15,17-18H2,1-3H3,(H,39,43)/t20?,25?,26?,29-,31?,34?,35?,36-/m0/s1. The maximum Gasteiger partial charge on any atom is 0.253 e. The van der Waals surface area contributed by atoms with Gasteiger partial charge in [0.25, 0.3) is 5.91 Å². The van der Waals surface area contributed by atoms with E-state index in [1.807, 2.05) is 49.0 Å². The summed E-state index contributed by atoms with van der Waals surface area (Å²) in [5.41, 5.74) is 2.63. The number of para-hydroxylation sites is 1. The molecule has 2 aromatic carbocycles. The molecule has 2 heterocycles. The zero-order valence-electron chi connectivity index (χ0n) is 25.8. The quantitative estimate of drug-likeness (QED) is 0.244. The van der Waals surface area contributed by atoms with Crippen LogP contribution in [-0.4, -0.2) is 42.6 Å². The van der Waals surface area contributed by atoms with E-state index < -0.39 is 17.1 Å². The first-order valence-corrected chi connectivity index (χ1v) is 16.9. The van der Waals surface area contributed by atoms with Crippen molar-refractivity contribution >= 4 is 33.5 Å². The van der Waals surface area contributed by atoms with Gasteiger partial charge in [-0.15, -0.1) is 11.3 Å². The second-order valence-electron chi connectivity index (χ2n) is 14.3. The molecule has 6 unspecified atom stereocenters. The molecule has 9 heteroatoms. The molecule has 0 spiro atoms. The van der Waals surface area contributed by atoms with E-state index in [9.17, 15) is 19.4 Å². The largest absolute Gasteiger partial charge is 0.393 e. The molecule has 8 atom stereocenters. The average Bonchev–Trinajstić information content (AvgIpc) is 3.70. The highest BCUT2D eigenvalue weighted by molar-refractivity contribution is 7.18. The van der Waals surface area contributed by atoms with E-state index >= 15 is 0 Å². The smallest absolute Gasteiger partial charge is 0.253 e. The zero-order chi connectivity index (χ0) is 31.3. The number of nitrogens with zero attached hydrogens (tertiary/aromatic N) is 3. The van der Waals surface area contributed by atoms with Crippen molar-refractivity contribution in [2.75, 3.05) is 0 Å². The van der Waals surface area contributed by atoms with Crippen molar-refractivity contribution in [3.05, 3.63) is 82.4 Å². The minimum Gasteiger partial charge on any atom is -0.393 e. The van der Waals surface area contributed by atoms with Crippen LogP contribution < -0.4 is 5.32 Å². The molecule has 7 nitrogen and oxygen atoms in total. The number of thiazole rings is 1. The fourth-order valence-corrected chi connectivity index (χ4v) is 10.8. The van der Waals surface area contributed by atoms with E-state index in [2.05, 4.69) is 23.4 Å².